The molecule has 0 radical (unpaired) electrons. The van der Waals surface area contributed by atoms with Crippen LogP contribution in [-0.2, 0) is 6.42 Å². The number of piperidine rings is 1. The summed E-state index contributed by atoms with van der Waals surface area (Å²) >= 11 is 0. The van der Waals surface area contributed by atoms with Crippen LogP contribution in [0.15, 0.2) is 24.3 Å². The summed E-state index contributed by atoms with van der Waals surface area (Å²) in [6.45, 7) is 8.00. The van der Waals surface area contributed by atoms with Gasteiger partial charge in [0, 0.05) is 18.7 Å². The number of hydrogen-bond acceptors (Lipinski definition) is 2. The van der Waals surface area contributed by atoms with Gasteiger partial charge in [0.05, 0.1) is 0 Å². The highest BCUT2D eigenvalue weighted by atomic mass is 16.2. The maximum Gasteiger partial charge on any atom is 0.254 e. The van der Waals surface area contributed by atoms with Gasteiger partial charge in [-0.3, -0.25) is 4.79 Å². The zero-order valence-electron chi connectivity index (χ0n) is 12.7. The predicted octanol–water partition coefficient (Wildman–Crippen LogP) is 2.71. The van der Waals surface area contributed by atoms with Crippen molar-refractivity contribution in [3.63, 3.8) is 0 Å². The van der Waals surface area contributed by atoms with Crippen molar-refractivity contribution in [2.24, 2.45) is 5.92 Å². The number of carbonyl (C=O) groups excluding carboxylic acids is 1. The minimum Gasteiger partial charge on any atom is -0.339 e. The second-order valence-corrected chi connectivity index (χ2v) is 5.57. The first kappa shape index (κ1) is 15.0. The third kappa shape index (κ3) is 3.60. The van der Waals surface area contributed by atoms with Crippen molar-refractivity contribution in [3.05, 3.63) is 35.4 Å². The van der Waals surface area contributed by atoms with Gasteiger partial charge in [-0.1, -0.05) is 25.1 Å². The molecule has 0 aliphatic carbocycles. The molecule has 110 valence electrons. The molecule has 3 nitrogen and oxygen atoms in total. The van der Waals surface area contributed by atoms with E-state index in [0.717, 1.165) is 43.7 Å². The molecule has 0 saturated carbocycles. The van der Waals surface area contributed by atoms with E-state index in [1.54, 1.807) is 0 Å². The average molecular weight is 274 g/mol. The molecular weight excluding hydrogens is 248 g/mol. The van der Waals surface area contributed by atoms with Gasteiger partial charge in [0.25, 0.3) is 5.91 Å². The number of carbonyl (C=O) groups is 1. The molecule has 0 aromatic heterocycles. The quantitative estimate of drug-likeness (QED) is 0.895. The molecule has 2 rings (SSSR count). The molecule has 20 heavy (non-hydrogen) atoms. The molecule has 1 aromatic carbocycles. The first-order valence-electron chi connectivity index (χ1n) is 7.84. The lowest BCUT2D eigenvalue weighted by molar-refractivity contribution is 0.0728. The zero-order valence-corrected chi connectivity index (χ0v) is 12.7. The molecule has 1 unspecified atom stereocenters. The molecule has 1 aliphatic heterocycles. The van der Waals surface area contributed by atoms with E-state index in [0.29, 0.717) is 5.92 Å². The maximum atomic E-state index is 12.7. The number of nitrogens with zero attached hydrogens (tertiary/aromatic N) is 1. The lowest BCUT2D eigenvalue weighted by atomic mass is 9.98. The fraction of sp³-hybridized carbons (Fsp3) is 0.588. The molecule has 1 heterocycles. The fourth-order valence-electron chi connectivity index (χ4n) is 2.95. The van der Waals surface area contributed by atoms with E-state index in [9.17, 15) is 4.79 Å². The lowest BCUT2D eigenvalue weighted by Gasteiger charge is -2.30. The minimum absolute atomic E-state index is 0.190. The molecule has 1 aromatic rings. The second-order valence-electron chi connectivity index (χ2n) is 5.57. The Hall–Kier alpha value is -1.35. The van der Waals surface area contributed by atoms with Gasteiger partial charge in [0.15, 0.2) is 0 Å². The van der Waals surface area contributed by atoms with Crippen molar-refractivity contribution in [3.8, 4) is 0 Å². The molecule has 0 bridgehead atoms. The third-order valence-electron chi connectivity index (χ3n) is 4.18. The van der Waals surface area contributed by atoms with Gasteiger partial charge in [-0.25, -0.2) is 0 Å². The molecule has 1 saturated heterocycles. The SMILES string of the molecule is CCc1ccccc1C(=O)N(CC)CC1CCCNC1. The maximum absolute atomic E-state index is 12.7. The van der Waals surface area contributed by atoms with Crippen molar-refractivity contribution in [1.82, 2.24) is 10.2 Å². The molecule has 1 fully saturated rings. The van der Waals surface area contributed by atoms with E-state index >= 15 is 0 Å². The van der Waals surface area contributed by atoms with E-state index in [1.807, 2.05) is 23.1 Å². The first-order chi connectivity index (χ1) is 9.76. The summed E-state index contributed by atoms with van der Waals surface area (Å²) < 4.78 is 0. The van der Waals surface area contributed by atoms with Crippen LogP contribution in [0.25, 0.3) is 0 Å². The van der Waals surface area contributed by atoms with E-state index < -0.39 is 0 Å². The van der Waals surface area contributed by atoms with Crippen LogP contribution in [0.4, 0.5) is 0 Å². The Bertz CT molecular complexity index is 438. The average Bonchev–Trinajstić information content (AvgIpc) is 2.53. The molecule has 1 aliphatic rings. The number of hydrogen-bond donors (Lipinski definition) is 1. The standard InChI is InChI=1S/C17H26N2O/c1-3-15-9-5-6-10-16(15)17(20)19(4-2)13-14-8-7-11-18-12-14/h5-6,9-10,14,18H,3-4,7-8,11-13H2,1-2H3. The summed E-state index contributed by atoms with van der Waals surface area (Å²) in [5.41, 5.74) is 2.03. The highest BCUT2D eigenvalue weighted by molar-refractivity contribution is 5.95. The summed E-state index contributed by atoms with van der Waals surface area (Å²) in [6, 6.07) is 7.99. The molecule has 1 amide bonds. The van der Waals surface area contributed by atoms with Crippen LogP contribution in [0.1, 0.15) is 42.6 Å². The largest absolute Gasteiger partial charge is 0.339 e. The molecule has 3 heteroatoms. The Labute approximate surface area is 122 Å². The van der Waals surface area contributed by atoms with Crippen LogP contribution in [0.2, 0.25) is 0 Å². The highest BCUT2D eigenvalue weighted by Crippen LogP contribution is 2.16. The summed E-state index contributed by atoms with van der Waals surface area (Å²) in [5, 5.41) is 3.43. The van der Waals surface area contributed by atoms with Gasteiger partial charge in [-0.05, 0) is 56.8 Å². The van der Waals surface area contributed by atoms with Gasteiger partial charge in [0.2, 0.25) is 0 Å². The molecule has 1 atom stereocenters. The number of nitrogens with one attached hydrogen (secondary N) is 1. The minimum atomic E-state index is 0.190. The molecular formula is C17H26N2O. The van der Waals surface area contributed by atoms with Crippen LogP contribution < -0.4 is 5.32 Å². The number of rotatable bonds is 5. The summed E-state index contributed by atoms with van der Waals surface area (Å²) in [5.74, 6) is 0.789. The van der Waals surface area contributed by atoms with Crippen LogP contribution in [0.3, 0.4) is 0 Å². The van der Waals surface area contributed by atoms with Gasteiger partial charge in [0.1, 0.15) is 0 Å². The smallest absolute Gasteiger partial charge is 0.254 e. The van der Waals surface area contributed by atoms with E-state index in [1.165, 1.54) is 12.8 Å². The van der Waals surface area contributed by atoms with Crippen molar-refractivity contribution in [2.45, 2.75) is 33.1 Å². The van der Waals surface area contributed by atoms with E-state index in [-0.39, 0.29) is 5.91 Å². The second kappa shape index (κ2) is 7.44. The van der Waals surface area contributed by atoms with Crippen molar-refractivity contribution < 1.29 is 4.79 Å². The number of amides is 1. The Morgan fingerprint density at radius 2 is 2.15 bits per heavy atom. The molecule has 1 N–H and O–H groups in total. The van der Waals surface area contributed by atoms with Crippen LogP contribution in [0, 0.1) is 5.92 Å². The number of benzene rings is 1. The normalized spacial score (nSPS) is 18.8. The van der Waals surface area contributed by atoms with Crippen molar-refractivity contribution >= 4 is 5.91 Å². The number of aryl methyl sites for hydroxylation is 1. The third-order valence-corrected chi connectivity index (χ3v) is 4.18. The van der Waals surface area contributed by atoms with E-state index in [2.05, 4.69) is 25.2 Å². The molecule has 0 spiro atoms. The Morgan fingerprint density at radius 1 is 1.35 bits per heavy atom. The predicted molar refractivity (Wildman–Crippen MR) is 83.0 cm³/mol. The highest BCUT2D eigenvalue weighted by Gasteiger charge is 2.21. The first-order valence-corrected chi connectivity index (χ1v) is 7.84. The van der Waals surface area contributed by atoms with Gasteiger partial charge in [-0.15, -0.1) is 0 Å². The van der Waals surface area contributed by atoms with Crippen LogP contribution in [0.5, 0.6) is 0 Å². The monoisotopic (exact) mass is 274 g/mol. The Morgan fingerprint density at radius 3 is 2.80 bits per heavy atom. The Balaban J connectivity index is 2.07. The van der Waals surface area contributed by atoms with Gasteiger partial charge in [-0.2, -0.15) is 0 Å². The van der Waals surface area contributed by atoms with Gasteiger partial charge >= 0.3 is 0 Å². The fourth-order valence-corrected chi connectivity index (χ4v) is 2.95. The van der Waals surface area contributed by atoms with Crippen LogP contribution in [-0.4, -0.2) is 37.0 Å². The van der Waals surface area contributed by atoms with Crippen molar-refractivity contribution in [1.29, 1.82) is 0 Å². The summed E-state index contributed by atoms with van der Waals surface area (Å²) in [4.78, 5) is 14.7. The lowest BCUT2D eigenvalue weighted by Crippen LogP contribution is -2.41. The summed E-state index contributed by atoms with van der Waals surface area (Å²) in [7, 11) is 0. The summed E-state index contributed by atoms with van der Waals surface area (Å²) in [6.07, 6.45) is 3.36. The Kier molecular flexibility index (Phi) is 5.60. The van der Waals surface area contributed by atoms with Gasteiger partial charge < -0.3 is 10.2 Å². The van der Waals surface area contributed by atoms with Crippen LogP contribution >= 0.6 is 0 Å². The zero-order chi connectivity index (χ0) is 14.4. The topological polar surface area (TPSA) is 32.3 Å². The van der Waals surface area contributed by atoms with Crippen molar-refractivity contribution in [2.75, 3.05) is 26.2 Å². The van der Waals surface area contributed by atoms with E-state index in [4.69, 9.17) is 0 Å².